The molecule has 3 N–H and O–H groups in total. The van der Waals surface area contributed by atoms with E-state index in [1.807, 2.05) is 0 Å². The number of hydrogen-bond acceptors (Lipinski definition) is 7. The number of esters is 1. The van der Waals surface area contributed by atoms with Crippen molar-refractivity contribution in [3.63, 3.8) is 0 Å². The Labute approximate surface area is 212 Å². The van der Waals surface area contributed by atoms with Gasteiger partial charge < -0.3 is 25.2 Å². The highest BCUT2D eigenvalue weighted by atomic mass is 16.6. The predicted molar refractivity (Wildman–Crippen MR) is 134 cm³/mol. The fraction of sp³-hybridized carbons (Fsp3) is 0.538. The van der Waals surface area contributed by atoms with Crippen molar-refractivity contribution >= 4 is 23.9 Å². The van der Waals surface area contributed by atoms with Crippen LogP contribution >= 0.6 is 0 Å². The van der Waals surface area contributed by atoms with Gasteiger partial charge in [0.2, 0.25) is 5.91 Å². The number of alkyl carbamates (subject to hydrolysis) is 1. The van der Waals surface area contributed by atoms with Crippen molar-refractivity contribution in [3.8, 4) is 18.2 Å². The summed E-state index contributed by atoms with van der Waals surface area (Å²) in [5.74, 6) is -2.22. The number of nitrogens with zero attached hydrogens (tertiary/aromatic N) is 1. The topological polar surface area (TPSA) is 134 Å². The normalized spacial score (nSPS) is 12.6. The minimum Gasteiger partial charge on any atom is -0.508 e. The number of amides is 3. The average Bonchev–Trinajstić information content (AvgIpc) is 2.76. The van der Waals surface area contributed by atoms with E-state index in [1.54, 1.807) is 48.5 Å². The van der Waals surface area contributed by atoms with Crippen LogP contribution in [0.2, 0.25) is 0 Å². The van der Waals surface area contributed by atoms with Crippen LogP contribution in [0.25, 0.3) is 0 Å². The first-order valence-corrected chi connectivity index (χ1v) is 11.7. The van der Waals surface area contributed by atoms with Crippen molar-refractivity contribution in [2.75, 3.05) is 13.2 Å². The molecule has 0 aliphatic rings. The van der Waals surface area contributed by atoms with Crippen LogP contribution in [-0.4, -0.2) is 58.7 Å². The summed E-state index contributed by atoms with van der Waals surface area (Å²) in [6, 6.07) is 4.27. The molecule has 198 valence electrons. The molecule has 0 heterocycles. The zero-order valence-electron chi connectivity index (χ0n) is 22.0. The summed E-state index contributed by atoms with van der Waals surface area (Å²) in [6.07, 6.45) is 4.84. The van der Waals surface area contributed by atoms with Crippen molar-refractivity contribution < 1.29 is 33.8 Å². The van der Waals surface area contributed by atoms with Gasteiger partial charge in [-0.3, -0.25) is 19.3 Å². The Balaban J connectivity index is 3.32. The molecule has 0 aliphatic carbocycles. The molecule has 0 spiro atoms. The molecule has 0 saturated carbocycles. The van der Waals surface area contributed by atoms with Gasteiger partial charge in [-0.25, -0.2) is 4.79 Å². The van der Waals surface area contributed by atoms with Gasteiger partial charge in [0.25, 0.3) is 5.91 Å². The number of ether oxygens (including phenoxy) is 2. The van der Waals surface area contributed by atoms with Gasteiger partial charge in [0, 0.05) is 12.6 Å². The lowest BCUT2D eigenvalue weighted by Crippen LogP contribution is -2.53. The third-order valence-corrected chi connectivity index (χ3v) is 4.96. The van der Waals surface area contributed by atoms with Crippen LogP contribution in [-0.2, 0) is 23.9 Å². The Bertz CT molecular complexity index is 992. The standard InChI is InChI=1S/C26H37N3O7/c1-9-29(24(33)21(16(3)4)28-25(34)36-26(6,7)8)22(18-11-12-19(30)17(5)15-18)23(32)27-14-13-20(31)35-10-2/h1,11-12,15-16,21-22,30H,10,13-14H2,2-8H3,(H,27,32)(H,28,34). The third kappa shape index (κ3) is 9.13. The van der Waals surface area contributed by atoms with E-state index >= 15 is 0 Å². The Morgan fingerprint density at radius 3 is 2.33 bits per heavy atom. The molecule has 2 atom stereocenters. The van der Waals surface area contributed by atoms with Crippen LogP contribution in [0, 0.1) is 25.3 Å². The lowest BCUT2D eigenvalue weighted by Gasteiger charge is -2.32. The SMILES string of the molecule is C#CN(C(=O)C(NC(=O)OC(C)(C)C)C(C)C)C(C(=O)NCCC(=O)OCC)c1ccc(O)c(C)c1. The van der Waals surface area contributed by atoms with Crippen molar-refractivity contribution in [1.82, 2.24) is 15.5 Å². The first kappa shape index (κ1) is 30.3. The monoisotopic (exact) mass is 503 g/mol. The number of aryl methyl sites for hydroxylation is 1. The van der Waals surface area contributed by atoms with Crippen molar-refractivity contribution in [2.24, 2.45) is 5.92 Å². The summed E-state index contributed by atoms with van der Waals surface area (Å²) in [6.45, 7) is 12.0. The number of nitrogens with one attached hydrogen (secondary N) is 2. The lowest BCUT2D eigenvalue weighted by molar-refractivity contribution is -0.143. The van der Waals surface area contributed by atoms with Crippen molar-refractivity contribution in [3.05, 3.63) is 29.3 Å². The number of phenolic OH excluding ortho intramolecular Hbond substituents is 1. The molecule has 0 saturated heterocycles. The van der Waals surface area contributed by atoms with Gasteiger partial charge in [0.05, 0.1) is 13.0 Å². The summed E-state index contributed by atoms with van der Waals surface area (Å²) in [5, 5.41) is 15.1. The fourth-order valence-electron chi connectivity index (χ4n) is 3.25. The first-order chi connectivity index (χ1) is 16.7. The second-order valence-corrected chi connectivity index (χ2v) is 9.50. The highest BCUT2D eigenvalue weighted by Gasteiger charge is 2.37. The summed E-state index contributed by atoms with van der Waals surface area (Å²) in [5.41, 5.74) is 0.0179. The van der Waals surface area contributed by atoms with E-state index in [0.29, 0.717) is 11.1 Å². The van der Waals surface area contributed by atoms with Crippen LogP contribution in [0.3, 0.4) is 0 Å². The Kier molecular flexibility index (Phi) is 11.3. The molecule has 0 radical (unpaired) electrons. The molecule has 2 unspecified atom stereocenters. The van der Waals surface area contributed by atoms with Crippen LogP contribution in [0.4, 0.5) is 4.79 Å². The molecule has 1 rings (SSSR count). The molecule has 0 aromatic heterocycles. The molecule has 36 heavy (non-hydrogen) atoms. The maximum Gasteiger partial charge on any atom is 0.408 e. The van der Waals surface area contributed by atoms with Crippen LogP contribution < -0.4 is 10.6 Å². The number of terminal acetylenes is 1. The van der Waals surface area contributed by atoms with E-state index in [9.17, 15) is 24.3 Å². The number of hydrogen-bond donors (Lipinski definition) is 3. The van der Waals surface area contributed by atoms with E-state index in [1.165, 1.54) is 18.2 Å². The maximum atomic E-state index is 13.6. The summed E-state index contributed by atoms with van der Waals surface area (Å²) in [4.78, 5) is 51.8. The van der Waals surface area contributed by atoms with Gasteiger partial charge >= 0.3 is 12.1 Å². The van der Waals surface area contributed by atoms with Gasteiger partial charge in [0.15, 0.2) is 0 Å². The van der Waals surface area contributed by atoms with Crippen molar-refractivity contribution in [2.45, 2.75) is 72.6 Å². The van der Waals surface area contributed by atoms with E-state index in [4.69, 9.17) is 15.9 Å². The molecule has 10 heteroatoms. The van der Waals surface area contributed by atoms with Crippen LogP contribution in [0.5, 0.6) is 5.75 Å². The number of carbonyl (C=O) groups is 4. The van der Waals surface area contributed by atoms with Gasteiger partial charge in [-0.2, -0.15) is 0 Å². The molecule has 3 amide bonds. The fourth-order valence-corrected chi connectivity index (χ4v) is 3.25. The number of rotatable bonds is 10. The van der Waals surface area contributed by atoms with Gasteiger partial charge in [-0.1, -0.05) is 26.3 Å². The summed E-state index contributed by atoms with van der Waals surface area (Å²) in [7, 11) is 0. The molecule has 0 fully saturated rings. The molecule has 1 aromatic carbocycles. The maximum absolute atomic E-state index is 13.6. The van der Waals surface area contributed by atoms with Gasteiger partial charge in [-0.05, 0) is 63.8 Å². The second kappa shape index (κ2) is 13.4. The minimum atomic E-state index is -1.30. The van der Waals surface area contributed by atoms with Crippen molar-refractivity contribution in [1.29, 1.82) is 0 Å². The first-order valence-electron chi connectivity index (χ1n) is 11.7. The van der Waals surface area contributed by atoms with E-state index in [0.717, 1.165) is 4.90 Å². The van der Waals surface area contributed by atoms with E-state index in [2.05, 4.69) is 16.7 Å². The third-order valence-electron chi connectivity index (χ3n) is 4.96. The Morgan fingerprint density at radius 2 is 1.83 bits per heavy atom. The Hall–Kier alpha value is -3.74. The zero-order valence-corrected chi connectivity index (χ0v) is 22.0. The second-order valence-electron chi connectivity index (χ2n) is 9.50. The number of aromatic hydroxyl groups is 1. The molecule has 0 bridgehead atoms. The highest BCUT2D eigenvalue weighted by molar-refractivity contribution is 5.93. The molecule has 10 nitrogen and oxygen atoms in total. The highest BCUT2D eigenvalue weighted by Crippen LogP contribution is 2.27. The number of phenols is 1. The van der Waals surface area contributed by atoms with Gasteiger partial charge in [-0.15, -0.1) is 0 Å². The summed E-state index contributed by atoms with van der Waals surface area (Å²) < 4.78 is 10.1. The lowest BCUT2D eigenvalue weighted by atomic mass is 9.98. The Morgan fingerprint density at radius 1 is 1.19 bits per heavy atom. The average molecular weight is 504 g/mol. The van der Waals surface area contributed by atoms with E-state index in [-0.39, 0.29) is 25.3 Å². The summed E-state index contributed by atoms with van der Waals surface area (Å²) >= 11 is 0. The molecule has 0 aliphatic heterocycles. The quantitative estimate of drug-likeness (QED) is 0.254. The van der Waals surface area contributed by atoms with Gasteiger partial charge in [0.1, 0.15) is 23.4 Å². The minimum absolute atomic E-state index is 0.00505. The largest absolute Gasteiger partial charge is 0.508 e. The number of carbonyl (C=O) groups excluding carboxylic acids is 4. The predicted octanol–water partition coefficient (Wildman–Crippen LogP) is 2.78. The van der Waals surface area contributed by atoms with Crippen LogP contribution in [0.15, 0.2) is 18.2 Å². The molecular weight excluding hydrogens is 466 g/mol. The zero-order chi connectivity index (χ0) is 27.6. The van der Waals surface area contributed by atoms with E-state index < -0.39 is 47.5 Å². The number of benzene rings is 1. The van der Waals surface area contributed by atoms with Crippen LogP contribution in [0.1, 0.15) is 65.1 Å². The molecule has 1 aromatic rings. The molecular formula is C26H37N3O7. The smallest absolute Gasteiger partial charge is 0.408 e.